The highest BCUT2D eigenvalue weighted by Crippen LogP contribution is 2.19. The van der Waals surface area contributed by atoms with Crippen LogP contribution in [-0.4, -0.2) is 50.2 Å². The number of halogens is 1. The standard InChI is InChI=1S/C15H22ClN3O2/c1-11(10-19-4-6-21-7-5-19)9-18-15(20)12-2-3-13(16)14(17)8-12/h2-3,8,11H,4-7,9-10,17H2,1H3,(H,18,20). The van der Waals surface area contributed by atoms with Crippen molar-refractivity contribution in [3.63, 3.8) is 0 Å². The van der Waals surface area contributed by atoms with Gasteiger partial charge in [0.05, 0.1) is 23.9 Å². The van der Waals surface area contributed by atoms with Gasteiger partial charge < -0.3 is 15.8 Å². The molecule has 116 valence electrons. The first kappa shape index (κ1) is 16.1. The third-order valence-electron chi connectivity index (χ3n) is 3.54. The van der Waals surface area contributed by atoms with Gasteiger partial charge in [0, 0.05) is 31.7 Å². The Morgan fingerprint density at radius 3 is 2.86 bits per heavy atom. The first-order valence-corrected chi connectivity index (χ1v) is 7.57. The van der Waals surface area contributed by atoms with E-state index in [2.05, 4.69) is 17.1 Å². The number of rotatable bonds is 5. The molecule has 0 saturated carbocycles. The number of nitrogens with two attached hydrogens (primary N) is 1. The minimum absolute atomic E-state index is 0.118. The van der Waals surface area contributed by atoms with Gasteiger partial charge in [-0.2, -0.15) is 0 Å². The molecule has 1 atom stereocenters. The quantitative estimate of drug-likeness (QED) is 0.811. The van der Waals surface area contributed by atoms with Gasteiger partial charge in [0.2, 0.25) is 0 Å². The second kappa shape index (κ2) is 7.64. The summed E-state index contributed by atoms with van der Waals surface area (Å²) < 4.78 is 5.32. The van der Waals surface area contributed by atoms with Crippen molar-refractivity contribution in [1.29, 1.82) is 0 Å². The lowest BCUT2D eigenvalue weighted by Crippen LogP contribution is -2.41. The Morgan fingerprint density at radius 2 is 2.19 bits per heavy atom. The van der Waals surface area contributed by atoms with Crippen molar-refractivity contribution in [2.45, 2.75) is 6.92 Å². The van der Waals surface area contributed by atoms with Gasteiger partial charge in [0.1, 0.15) is 0 Å². The molecular weight excluding hydrogens is 290 g/mol. The molecule has 0 radical (unpaired) electrons. The summed E-state index contributed by atoms with van der Waals surface area (Å²) in [6.07, 6.45) is 0. The molecule has 1 aliphatic heterocycles. The van der Waals surface area contributed by atoms with Crippen LogP contribution in [0, 0.1) is 5.92 Å². The molecule has 0 aromatic heterocycles. The van der Waals surface area contributed by atoms with Crippen molar-refractivity contribution >= 4 is 23.2 Å². The van der Waals surface area contributed by atoms with Crippen molar-refractivity contribution in [2.75, 3.05) is 45.1 Å². The van der Waals surface area contributed by atoms with E-state index in [1.54, 1.807) is 18.2 Å². The van der Waals surface area contributed by atoms with E-state index in [1.807, 2.05) is 0 Å². The molecule has 1 aromatic carbocycles. The Bertz CT molecular complexity index is 490. The third-order valence-corrected chi connectivity index (χ3v) is 3.89. The fourth-order valence-electron chi connectivity index (χ4n) is 2.34. The molecule has 1 heterocycles. The predicted molar refractivity (Wildman–Crippen MR) is 84.6 cm³/mol. The fraction of sp³-hybridized carbons (Fsp3) is 0.533. The summed E-state index contributed by atoms with van der Waals surface area (Å²) in [6.45, 7) is 7.25. The van der Waals surface area contributed by atoms with Crippen LogP contribution in [0.1, 0.15) is 17.3 Å². The Hall–Kier alpha value is -1.30. The fourth-order valence-corrected chi connectivity index (χ4v) is 2.46. The van der Waals surface area contributed by atoms with Crippen LogP contribution in [0.25, 0.3) is 0 Å². The number of carbonyl (C=O) groups is 1. The molecule has 0 aliphatic carbocycles. The smallest absolute Gasteiger partial charge is 0.251 e. The van der Waals surface area contributed by atoms with E-state index in [9.17, 15) is 4.79 Å². The number of hydrogen-bond acceptors (Lipinski definition) is 4. The van der Waals surface area contributed by atoms with E-state index < -0.39 is 0 Å². The highest BCUT2D eigenvalue weighted by Gasteiger charge is 2.15. The molecule has 1 aliphatic rings. The predicted octanol–water partition coefficient (Wildman–Crippen LogP) is 1.62. The van der Waals surface area contributed by atoms with E-state index in [4.69, 9.17) is 22.1 Å². The summed E-state index contributed by atoms with van der Waals surface area (Å²) in [5.41, 5.74) is 6.67. The van der Waals surface area contributed by atoms with Crippen molar-refractivity contribution in [3.05, 3.63) is 28.8 Å². The molecule has 2 rings (SSSR count). The van der Waals surface area contributed by atoms with Crippen LogP contribution >= 0.6 is 11.6 Å². The number of nitrogen functional groups attached to an aromatic ring is 1. The van der Waals surface area contributed by atoms with Crippen molar-refractivity contribution in [3.8, 4) is 0 Å². The molecule has 5 nitrogen and oxygen atoms in total. The number of carbonyl (C=O) groups excluding carboxylic acids is 1. The average Bonchev–Trinajstić information content (AvgIpc) is 2.48. The van der Waals surface area contributed by atoms with Gasteiger partial charge >= 0.3 is 0 Å². The zero-order chi connectivity index (χ0) is 15.2. The van der Waals surface area contributed by atoms with Gasteiger partial charge in [-0.05, 0) is 24.1 Å². The second-order valence-electron chi connectivity index (χ2n) is 5.46. The number of nitrogens with one attached hydrogen (secondary N) is 1. The molecule has 1 aromatic rings. The van der Waals surface area contributed by atoms with Crippen LogP contribution in [0.5, 0.6) is 0 Å². The lowest BCUT2D eigenvalue weighted by molar-refractivity contribution is 0.0317. The molecule has 1 fully saturated rings. The summed E-state index contributed by atoms with van der Waals surface area (Å²) >= 11 is 5.85. The van der Waals surface area contributed by atoms with Gasteiger partial charge in [-0.15, -0.1) is 0 Å². The first-order valence-electron chi connectivity index (χ1n) is 7.19. The van der Waals surface area contributed by atoms with Crippen LogP contribution in [0.15, 0.2) is 18.2 Å². The lowest BCUT2D eigenvalue weighted by atomic mass is 10.1. The largest absolute Gasteiger partial charge is 0.398 e. The Labute approximate surface area is 130 Å². The van der Waals surface area contributed by atoms with Crippen LogP contribution in [-0.2, 0) is 4.74 Å². The topological polar surface area (TPSA) is 67.6 Å². The van der Waals surface area contributed by atoms with Crippen LogP contribution < -0.4 is 11.1 Å². The van der Waals surface area contributed by atoms with E-state index in [0.29, 0.717) is 28.7 Å². The molecular formula is C15H22ClN3O2. The summed E-state index contributed by atoms with van der Waals surface area (Å²) in [7, 11) is 0. The van der Waals surface area contributed by atoms with E-state index >= 15 is 0 Å². The van der Waals surface area contributed by atoms with Gasteiger partial charge in [0.25, 0.3) is 5.91 Å². The number of amides is 1. The summed E-state index contributed by atoms with van der Waals surface area (Å²) in [4.78, 5) is 14.4. The normalized spacial score (nSPS) is 17.4. The maximum absolute atomic E-state index is 12.1. The highest BCUT2D eigenvalue weighted by atomic mass is 35.5. The van der Waals surface area contributed by atoms with E-state index in [0.717, 1.165) is 32.8 Å². The third kappa shape index (κ3) is 4.88. The molecule has 21 heavy (non-hydrogen) atoms. The van der Waals surface area contributed by atoms with Gasteiger partial charge in [-0.3, -0.25) is 9.69 Å². The molecule has 1 amide bonds. The number of ether oxygens (including phenoxy) is 1. The van der Waals surface area contributed by atoms with Crippen molar-refractivity contribution < 1.29 is 9.53 Å². The van der Waals surface area contributed by atoms with Crippen LogP contribution in [0.3, 0.4) is 0 Å². The van der Waals surface area contributed by atoms with E-state index in [-0.39, 0.29) is 5.91 Å². The van der Waals surface area contributed by atoms with Crippen LogP contribution in [0.4, 0.5) is 5.69 Å². The SMILES string of the molecule is CC(CNC(=O)c1ccc(Cl)c(N)c1)CN1CCOCC1. The van der Waals surface area contributed by atoms with E-state index in [1.165, 1.54) is 0 Å². The Morgan fingerprint density at radius 1 is 1.48 bits per heavy atom. The molecule has 1 unspecified atom stereocenters. The second-order valence-corrected chi connectivity index (χ2v) is 5.87. The van der Waals surface area contributed by atoms with Gasteiger partial charge in [-0.1, -0.05) is 18.5 Å². The average molecular weight is 312 g/mol. The maximum Gasteiger partial charge on any atom is 0.251 e. The number of anilines is 1. The highest BCUT2D eigenvalue weighted by molar-refractivity contribution is 6.33. The molecule has 3 N–H and O–H groups in total. The number of hydrogen-bond donors (Lipinski definition) is 2. The van der Waals surface area contributed by atoms with Crippen molar-refractivity contribution in [1.82, 2.24) is 10.2 Å². The molecule has 6 heteroatoms. The minimum Gasteiger partial charge on any atom is -0.398 e. The lowest BCUT2D eigenvalue weighted by Gasteiger charge is -2.29. The first-order chi connectivity index (χ1) is 10.1. The minimum atomic E-state index is -0.118. The molecule has 0 bridgehead atoms. The number of benzene rings is 1. The summed E-state index contributed by atoms with van der Waals surface area (Å²) in [5.74, 6) is 0.267. The Balaban J connectivity index is 1.78. The van der Waals surface area contributed by atoms with Crippen molar-refractivity contribution in [2.24, 2.45) is 5.92 Å². The number of nitrogens with zero attached hydrogens (tertiary/aromatic N) is 1. The van der Waals surface area contributed by atoms with Gasteiger partial charge in [0.15, 0.2) is 0 Å². The Kier molecular flexibility index (Phi) is 5.85. The monoisotopic (exact) mass is 311 g/mol. The van der Waals surface area contributed by atoms with Crippen LogP contribution in [0.2, 0.25) is 5.02 Å². The number of morpholine rings is 1. The van der Waals surface area contributed by atoms with Gasteiger partial charge in [-0.25, -0.2) is 0 Å². The summed E-state index contributed by atoms with van der Waals surface area (Å²) in [6, 6.07) is 4.92. The maximum atomic E-state index is 12.1. The zero-order valence-electron chi connectivity index (χ0n) is 12.3. The molecule has 0 spiro atoms. The molecule has 1 saturated heterocycles. The summed E-state index contributed by atoms with van der Waals surface area (Å²) in [5, 5.41) is 3.40. The zero-order valence-corrected chi connectivity index (χ0v) is 13.0.